The third kappa shape index (κ3) is 1.55. The Kier molecular flexibility index (Phi) is 2.87. The van der Waals surface area contributed by atoms with Gasteiger partial charge in [-0.15, -0.1) is 0 Å². The van der Waals surface area contributed by atoms with Crippen molar-refractivity contribution < 1.29 is 9.84 Å². The van der Waals surface area contributed by atoms with Crippen molar-refractivity contribution in [1.29, 1.82) is 0 Å². The molecule has 0 bridgehead atoms. The lowest BCUT2D eigenvalue weighted by Gasteiger charge is -2.33. The summed E-state index contributed by atoms with van der Waals surface area (Å²) in [5, 5.41) is 9.20. The minimum atomic E-state index is -0.0885. The molecular formula is C8H17NO2. The summed E-state index contributed by atoms with van der Waals surface area (Å²) in [5.41, 5.74) is -0.0885. The monoisotopic (exact) mass is 159 g/mol. The van der Waals surface area contributed by atoms with Gasteiger partial charge in [0.05, 0.1) is 18.8 Å². The number of aliphatic hydroxyl groups is 1. The molecule has 0 spiro atoms. The number of ether oxygens (including phenoxy) is 1. The number of hydrogen-bond donors (Lipinski definition) is 1. The Morgan fingerprint density at radius 2 is 2.36 bits per heavy atom. The largest absolute Gasteiger partial charge is 0.394 e. The van der Waals surface area contributed by atoms with Crippen molar-refractivity contribution >= 4 is 0 Å². The molecule has 0 unspecified atom stereocenters. The fourth-order valence-corrected chi connectivity index (χ4v) is 1.77. The van der Waals surface area contributed by atoms with E-state index in [0.717, 1.165) is 13.0 Å². The number of likely N-dealkylation sites (tertiary alicyclic amines) is 1. The van der Waals surface area contributed by atoms with Crippen LogP contribution in [-0.4, -0.2) is 49.5 Å². The molecule has 3 nitrogen and oxygen atoms in total. The zero-order chi connectivity index (χ0) is 8.32. The van der Waals surface area contributed by atoms with Crippen molar-refractivity contribution in [2.24, 2.45) is 0 Å². The van der Waals surface area contributed by atoms with Crippen LogP contribution < -0.4 is 0 Å². The third-order valence-corrected chi connectivity index (χ3v) is 2.65. The lowest BCUT2D eigenvalue weighted by molar-refractivity contribution is 0.0107. The van der Waals surface area contributed by atoms with E-state index in [1.807, 2.05) is 7.05 Å². The zero-order valence-electron chi connectivity index (χ0n) is 7.34. The molecular weight excluding hydrogens is 142 g/mol. The quantitative estimate of drug-likeness (QED) is 0.633. The summed E-state index contributed by atoms with van der Waals surface area (Å²) < 4.78 is 5.09. The number of likely N-dealkylation sites (N-methyl/N-ethyl adjacent to an activating group) is 1. The molecule has 1 atom stereocenters. The van der Waals surface area contributed by atoms with Crippen molar-refractivity contribution in [1.82, 2.24) is 4.90 Å². The highest BCUT2D eigenvalue weighted by molar-refractivity contribution is 4.93. The first-order valence-electron chi connectivity index (χ1n) is 4.06. The molecule has 1 N–H and O–H groups in total. The van der Waals surface area contributed by atoms with Crippen LogP contribution in [0.4, 0.5) is 0 Å². The first-order valence-corrected chi connectivity index (χ1v) is 4.06. The Morgan fingerprint density at radius 3 is 2.73 bits per heavy atom. The summed E-state index contributed by atoms with van der Waals surface area (Å²) in [6.07, 6.45) is 2.22. The van der Waals surface area contributed by atoms with Gasteiger partial charge in [-0.25, -0.2) is 0 Å². The third-order valence-electron chi connectivity index (χ3n) is 2.65. The van der Waals surface area contributed by atoms with Gasteiger partial charge in [0.2, 0.25) is 0 Å². The number of hydrogen-bond acceptors (Lipinski definition) is 3. The van der Waals surface area contributed by atoms with Crippen molar-refractivity contribution in [3.8, 4) is 0 Å². The van der Waals surface area contributed by atoms with Crippen LogP contribution in [0.25, 0.3) is 0 Å². The van der Waals surface area contributed by atoms with Crippen LogP contribution in [0, 0.1) is 0 Å². The molecule has 0 saturated carbocycles. The fraction of sp³-hybridized carbons (Fsp3) is 1.00. The van der Waals surface area contributed by atoms with Crippen molar-refractivity contribution in [2.75, 3.05) is 33.9 Å². The second-order valence-corrected chi connectivity index (χ2v) is 3.34. The molecule has 0 aromatic heterocycles. The molecule has 1 saturated heterocycles. The van der Waals surface area contributed by atoms with Crippen LogP contribution in [-0.2, 0) is 4.74 Å². The standard InChI is InChI=1S/C8H17NO2/c1-9-5-3-4-8(9,6-10)7-11-2/h10H,3-7H2,1-2H3/t8-/m1/s1. The molecule has 3 heteroatoms. The Morgan fingerprint density at radius 1 is 1.64 bits per heavy atom. The average Bonchev–Trinajstić information content (AvgIpc) is 2.35. The topological polar surface area (TPSA) is 32.7 Å². The van der Waals surface area contributed by atoms with Crippen molar-refractivity contribution in [2.45, 2.75) is 18.4 Å². The van der Waals surface area contributed by atoms with Gasteiger partial charge in [-0.05, 0) is 26.4 Å². The first-order chi connectivity index (χ1) is 5.25. The Balaban J connectivity index is 2.57. The van der Waals surface area contributed by atoms with Crippen LogP contribution in [0.5, 0.6) is 0 Å². The highest BCUT2D eigenvalue weighted by Crippen LogP contribution is 2.27. The van der Waals surface area contributed by atoms with Gasteiger partial charge in [-0.2, -0.15) is 0 Å². The lowest BCUT2D eigenvalue weighted by Crippen LogP contribution is -2.48. The summed E-state index contributed by atoms with van der Waals surface area (Å²) in [5.74, 6) is 0. The van der Waals surface area contributed by atoms with E-state index in [0.29, 0.717) is 6.61 Å². The second-order valence-electron chi connectivity index (χ2n) is 3.34. The van der Waals surface area contributed by atoms with Crippen LogP contribution in [0.15, 0.2) is 0 Å². The van der Waals surface area contributed by atoms with E-state index in [4.69, 9.17) is 4.74 Å². The maximum atomic E-state index is 9.20. The molecule has 66 valence electrons. The van der Waals surface area contributed by atoms with E-state index in [-0.39, 0.29) is 12.1 Å². The van der Waals surface area contributed by atoms with Crippen LogP contribution in [0.3, 0.4) is 0 Å². The molecule has 0 aromatic carbocycles. The molecule has 0 radical (unpaired) electrons. The number of rotatable bonds is 3. The smallest absolute Gasteiger partial charge is 0.0673 e. The molecule has 1 heterocycles. The van der Waals surface area contributed by atoms with E-state index in [1.54, 1.807) is 7.11 Å². The van der Waals surface area contributed by atoms with Crippen LogP contribution in [0.2, 0.25) is 0 Å². The van der Waals surface area contributed by atoms with Gasteiger partial charge in [0.15, 0.2) is 0 Å². The number of methoxy groups -OCH3 is 1. The molecule has 0 amide bonds. The van der Waals surface area contributed by atoms with E-state index in [9.17, 15) is 5.11 Å². The van der Waals surface area contributed by atoms with Crippen molar-refractivity contribution in [3.63, 3.8) is 0 Å². The minimum absolute atomic E-state index is 0.0885. The lowest BCUT2D eigenvalue weighted by atomic mass is 9.99. The van der Waals surface area contributed by atoms with Gasteiger partial charge in [0.25, 0.3) is 0 Å². The first kappa shape index (κ1) is 8.97. The van der Waals surface area contributed by atoms with Gasteiger partial charge >= 0.3 is 0 Å². The van der Waals surface area contributed by atoms with Gasteiger partial charge in [0, 0.05) is 7.11 Å². The molecule has 1 fully saturated rings. The molecule has 1 rings (SSSR count). The minimum Gasteiger partial charge on any atom is -0.394 e. The molecule has 11 heavy (non-hydrogen) atoms. The van der Waals surface area contributed by atoms with Gasteiger partial charge < -0.3 is 9.84 Å². The van der Waals surface area contributed by atoms with Crippen LogP contribution >= 0.6 is 0 Å². The number of aliphatic hydroxyl groups excluding tert-OH is 1. The van der Waals surface area contributed by atoms with Crippen molar-refractivity contribution in [3.05, 3.63) is 0 Å². The molecule has 1 aliphatic heterocycles. The molecule has 1 aliphatic rings. The van der Waals surface area contributed by atoms with Gasteiger partial charge in [-0.1, -0.05) is 0 Å². The van der Waals surface area contributed by atoms with E-state index in [1.165, 1.54) is 6.42 Å². The van der Waals surface area contributed by atoms with Crippen LogP contribution in [0.1, 0.15) is 12.8 Å². The normalized spacial score (nSPS) is 33.0. The summed E-state index contributed by atoms with van der Waals surface area (Å²) in [6, 6.07) is 0. The summed E-state index contributed by atoms with van der Waals surface area (Å²) in [7, 11) is 3.73. The highest BCUT2D eigenvalue weighted by atomic mass is 16.5. The fourth-order valence-electron chi connectivity index (χ4n) is 1.77. The van der Waals surface area contributed by atoms with E-state index in [2.05, 4.69) is 4.90 Å². The van der Waals surface area contributed by atoms with Gasteiger partial charge in [0.1, 0.15) is 0 Å². The maximum Gasteiger partial charge on any atom is 0.0673 e. The summed E-state index contributed by atoms with van der Waals surface area (Å²) >= 11 is 0. The summed E-state index contributed by atoms with van der Waals surface area (Å²) in [6.45, 7) is 1.92. The summed E-state index contributed by atoms with van der Waals surface area (Å²) in [4.78, 5) is 2.19. The Bertz CT molecular complexity index is 129. The molecule has 0 aromatic rings. The predicted molar refractivity (Wildman–Crippen MR) is 43.6 cm³/mol. The maximum absolute atomic E-state index is 9.20. The SMILES string of the molecule is COC[C@]1(CO)CCCN1C. The van der Waals surface area contributed by atoms with Gasteiger partial charge in [-0.3, -0.25) is 4.90 Å². The van der Waals surface area contributed by atoms with E-state index >= 15 is 0 Å². The highest BCUT2D eigenvalue weighted by Gasteiger charge is 2.37. The Labute approximate surface area is 68.0 Å². The predicted octanol–water partition coefficient (Wildman–Crippen LogP) is 0.0895. The average molecular weight is 159 g/mol. The second kappa shape index (κ2) is 3.52. The Hall–Kier alpha value is -0.120. The van der Waals surface area contributed by atoms with E-state index < -0.39 is 0 Å². The molecule has 0 aliphatic carbocycles. The zero-order valence-corrected chi connectivity index (χ0v) is 7.34. The number of nitrogens with zero attached hydrogens (tertiary/aromatic N) is 1.